The third-order valence-corrected chi connectivity index (χ3v) is 3.54. The van der Waals surface area contributed by atoms with E-state index in [-0.39, 0.29) is 0 Å². The molecule has 20 heavy (non-hydrogen) atoms. The second-order valence-electron chi connectivity index (χ2n) is 4.05. The van der Waals surface area contributed by atoms with Gasteiger partial charge in [0, 0.05) is 5.38 Å². The highest BCUT2D eigenvalue weighted by Gasteiger charge is 2.07. The van der Waals surface area contributed by atoms with Crippen molar-refractivity contribution in [3.8, 4) is 22.6 Å². The molecular formula is C15H10N2O2S. The number of benzene rings is 1. The topological polar surface area (TPSA) is 59.0 Å². The number of nitriles is 1. The summed E-state index contributed by atoms with van der Waals surface area (Å²) in [6.07, 6.45) is 1.63. The lowest BCUT2D eigenvalue weighted by Gasteiger charge is -2.03. The minimum absolute atomic E-state index is 0.367. The molecule has 2 aromatic heterocycles. The van der Waals surface area contributed by atoms with Crippen LogP contribution in [-0.4, -0.2) is 4.98 Å². The first-order chi connectivity index (χ1) is 9.85. The highest BCUT2D eigenvalue weighted by molar-refractivity contribution is 7.13. The molecule has 0 bridgehead atoms. The predicted molar refractivity (Wildman–Crippen MR) is 75.3 cm³/mol. The maximum atomic E-state index is 8.83. The Morgan fingerprint density at radius 1 is 1.30 bits per heavy atom. The first-order valence-electron chi connectivity index (χ1n) is 5.96. The molecule has 3 aromatic rings. The number of rotatable bonds is 4. The maximum absolute atomic E-state index is 8.83. The molecule has 0 aliphatic heterocycles. The number of aromatic nitrogens is 1. The summed E-state index contributed by atoms with van der Waals surface area (Å²) in [4.78, 5) is 4.45. The van der Waals surface area contributed by atoms with Crippen molar-refractivity contribution in [2.45, 2.75) is 6.61 Å². The molecule has 0 aliphatic carbocycles. The SMILES string of the molecule is N#Cc1cccc(OCc2csc(-c3ccco3)n2)c1. The lowest BCUT2D eigenvalue weighted by molar-refractivity contribution is 0.302. The molecule has 1 aromatic carbocycles. The van der Waals surface area contributed by atoms with Crippen LogP contribution in [0.2, 0.25) is 0 Å². The summed E-state index contributed by atoms with van der Waals surface area (Å²) in [7, 11) is 0. The van der Waals surface area contributed by atoms with Gasteiger partial charge in [-0.25, -0.2) is 4.98 Å². The Morgan fingerprint density at radius 2 is 2.25 bits per heavy atom. The van der Waals surface area contributed by atoms with Crippen molar-refractivity contribution in [2.75, 3.05) is 0 Å². The monoisotopic (exact) mass is 282 g/mol. The van der Waals surface area contributed by atoms with Crippen LogP contribution in [0.15, 0.2) is 52.5 Å². The predicted octanol–water partition coefficient (Wildman–Crippen LogP) is 3.85. The molecule has 0 unspecified atom stereocenters. The molecule has 5 heteroatoms. The highest BCUT2D eigenvalue weighted by atomic mass is 32.1. The van der Waals surface area contributed by atoms with Crippen LogP contribution < -0.4 is 4.74 Å². The lowest BCUT2D eigenvalue weighted by Crippen LogP contribution is -1.95. The van der Waals surface area contributed by atoms with Gasteiger partial charge in [-0.05, 0) is 30.3 Å². The molecule has 0 aliphatic rings. The number of hydrogen-bond acceptors (Lipinski definition) is 5. The Labute approximate surface area is 119 Å². The van der Waals surface area contributed by atoms with Crippen molar-refractivity contribution < 1.29 is 9.15 Å². The minimum Gasteiger partial charge on any atom is -0.487 e. The summed E-state index contributed by atoms with van der Waals surface area (Å²) >= 11 is 1.51. The van der Waals surface area contributed by atoms with Crippen molar-refractivity contribution >= 4 is 11.3 Å². The molecular weight excluding hydrogens is 272 g/mol. The van der Waals surface area contributed by atoms with Crippen LogP contribution in [0.1, 0.15) is 11.3 Å². The maximum Gasteiger partial charge on any atom is 0.162 e. The van der Waals surface area contributed by atoms with Crippen molar-refractivity contribution in [3.05, 3.63) is 59.3 Å². The highest BCUT2D eigenvalue weighted by Crippen LogP contribution is 2.24. The third-order valence-electron chi connectivity index (χ3n) is 2.63. The minimum atomic E-state index is 0.367. The summed E-state index contributed by atoms with van der Waals surface area (Å²) in [5.41, 5.74) is 1.42. The molecule has 0 spiro atoms. The fraction of sp³-hybridized carbons (Fsp3) is 0.0667. The lowest BCUT2D eigenvalue weighted by atomic mass is 10.2. The Bertz CT molecular complexity index is 741. The number of hydrogen-bond donors (Lipinski definition) is 0. The summed E-state index contributed by atoms with van der Waals surface area (Å²) in [5.74, 6) is 1.42. The Balaban J connectivity index is 1.68. The summed E-state index contributed by atoms with van der Waals surface area (Å²) in [6, 6.07) is 12.9. The summed E-state index contributed by atoms with van der Waals surface area (Å²) in [5, 5.41) is 11.6. The molecule has 0 saturated heterocycles. The standard InChI is InChI=1S/C15H10N2O2S/c16-8-11-3-1-4-13(7-11)19-9-12-10-20-15(17-12)14-5-2-6-18-14/h1-7,10H,9H2. The second-order valence-corrected chi connectivity index (χ2v) is 4.91. The van der Waals surface area contributed by atoms with E-state index in [9.17, 15) is 0 Å². The summed E-state index contributed by atoms with van der Waals surface area (Å²) < 4.78 is 10.9. The van der Waals surface area contributed by atoms with Gasteiger partial charge in [0.2, 0.25) is 0 Å². The first kappa shape index (κ1) is 12.5. The second kappa shape index (κ2) is 5.59. The molecule has 0 amide bonds. The van der Waals surface area contributed by atoms with E-state index in [2.05, 4.69) is 11.1 Å². The van der Waals surface area contributed by atoms with Crippen LogP contribution in [0.4, 0.5) is 0 Å². The van der Waals surface area contributed by atoms with Gasteiger partial charge in [-0.1, -0.05) is 6.07 Å². The van der Waals surface area contributed by atoms with Crippen molar-refractivity contribution in [2.24, 2.45) is 0 Å². The smallest absolute Gasteiger partial charge is 0.162 e. The van der Waals surface area contributed by atoms with Crippen LogP contribution in [0.25, 0.3) is 10.8 Å². The molecule has 98 valence electrons. The third kappa shape index (κ3) is 2.71. The van der Waals surface area contributed by atoms with Crippen LogP contribution >= 0.6 is 11.3 Å². The Hall–Kier alpha value is -2.58. The number of thiazole rings is 1. The van der Waals surface area contributed by atoms with Gasteiger partial charge < -0.3 is 9.15 Å². The average molecular weight is 282 g/mol. The van der Waals surface area contributed by atoms with Crippen LogP contribution in [0, 0.1) is 11.3 Å². The normalized spacial score (nSPS) is 10.2. The zero-order valence-electron chi connectivity index (χ0n) is 10.4. The molecule has 0 N–H and O–H groups in total. The van der Waals surface area contributed by atoms with E-state index in [1.54, 1.807) is 24.5 Å². The van der Waals surface area contributed by atoms with Gasteiger partial charge in [0.1, 0.15) is 12.4 Å². The van der Waals surface area contributed by atoms with Gasteiger partial charge in [-0.2, -0.15) is 5.26 Å². The van der Waals surface area contributed by atoms with Crippen molar-refractivity contribution in [1.29, 1.82) is 5.26 Å². The molecule has 0 saturated carbocycles. The van der Waals surface area contributed by atoms with Gasteiger partial charge in [-0.15, -0.1) is 11.3 Å². The first-order valence-corrected chi connectivity index (χ1v) is 6.84. The number of nitrogens with zero attached hydrogens (tertiary/aromatic N) is 2. The van der Waals surface area contributed by atoms with E-state index in [0.29, 0.717) is 17.9 Å². The zero-order valence-corrected chi connectivity index (χ0v) is 11.3. The van der Waals surface area contributed by atoms with E-state index in [0.717, 1.165) is 16.5 Å². The van der Waals surface area contributed by atoms with Gasteiger partial charge in [0.25, 0.3) is 0 Å². The van der Waals surface area contributed by atoms with Crippen LogP contribution in [-0.2, 0) is 6.61 Å². The van der Waals surface area contributed by atoms with Gasteiger partial charge in [0.05, 0.1) is 23.6 Å². The van der Waals surface area contributed by atoms with E-state index in [1.807, 2.05) is 23.6 Å². The zero-order chi connectivity index (χ0) is 13.8. The molecule has 4 nitrogen and oxygen atoms in total. The molecule has 3 rings (SSSR count). The van der Waals surface area contributed by atoms with Crippen LogP contribution in [0.3, 0.4) is 0 Å². The summed E-state index contributed by atoms with van der Waals surface area (Å²) in [6.45, 7) is 0.367. The number of ether oxygens (including phenoxy) is 1. The van der Waals surface area contributed by atoms with Gasteiger partial charge in [-0.3, -0.25) is 0 Å². The van der Waals surface area contributed by atoms with Crippen molar-refractivity contribution in [3.63, 3.8) is 0 Å². The molecule has 0 fully saturated rings. The Morgan fingerprint density at radius 3 is 3.05 bits per heavy atom. The van der Waals surface area contributed by atoms with Gasteiger partial charge >= 0.3 is 0 Å². The van der Waals surface area contributed by atoms with Crippen molar-refractivity contribution in [1.82, 2.24) is 4.98 Å². The van der Waals surface area contributed by atoms with E-state index in [4.69, 9.17) is 14.4 Å². The molecule has 0 atom stereocenters. The quantitative estimate of drug-likeness (QED) is 0.729. The number of furan rings is 1. The van der Waals surface area contributed by atoms with E-state index in [1.165, 1.54) is 11.3 Å². The van der Waals surface area contributed by atoms with Gasteiger partial charge in [0.15, 0.2) is 10.8 Å². The Kier molecular flexibility index (Phi) is 3.48. The molecule has 0 radical (unpaired) electrons. The van der Waals surface area contributed by atoms with Crippen LogP contribution in [0.5, 0.6) is 5.75 Å². The van der Waals surface area contributed by atoms with E-state index >= 15 is 0 Å². The largest absolute Gasteiger partial charge is 0.487 e. The fourth-order valence-electron chi connectivity index (χ4n) is 1.70. The average Bonchev–Trinajstić information content (AvgIpc) is 3.16. The van der Waals surface area contributed by atoms with E-state index < -0.39 is 0 Å². The molecule has 2 heterocycles. The fourth-order valence-corrected chi connectivity index (χ4v) is 2.47.